The van der Waals surface area contributed by atoms with Crippen LogP contribution in [0.5, 0.6) is 0 Å². The van der Waals surface area contributed by atoms with Crippen LogP contribution in [0.15, 0.2) is 12.4 Å². The van der Waals surface area contributed by atoms with Crippen molar-refractivity contribution in [1.82, 2.24) is 9.78 Å². The second-order valence-corrected chi connectivity index (χ2v) is 4.51. The van der Waals surface area contributed by atoms with Gasteiger partial charge in [0.1, 0.15) is 0 Å². The fourth-order valence-corrected chi connectivity index (χ4v) is 2.39. The van der Waals surface area contributed by atoms with Crippen molar-refractivity contribution in [2.75, 3.05) is 12.3 Å². The maximum absolute atomic E-state index is 11.6. The van der Waals surface area contributed by atoms with Crippen LogP contribution in [-0.2, 0) is 9.53 Å². The van der Waals surface area contributed by atoms with Gasteiger partial charge >= 0.3 is 5.97 Å². The molecule has 1 aromatic heterocycles. The Morgan fingerprint density at radius 1 is 1.53 bits per heavy atom. The number of nitrogens with zero attached hydrogens (tertiary/aromatic N) is 2. The Kier molecular flexibility index (Phi) is 3.66. The van der Waals surface area contributed by atoms with Crippen LogP contribution in [0, 0.1) is 5.92 Å². The zero-order chi connectivity index (χ0) is 12.3. The van der Waals surface area contributed by atoms with Crippen molar-refractivity contribution in [3.63, 3.8) is 0 Å². The lowest BCUT2D eigenvalue weighted by atomic mass is 9.86. The monoisotopic (exact) mass is 237 g/mol. The van der Waals surface area contributed by atoms with Gasteiger partial charge in [-0.05, 0) is 32.6 Å². The number of nitrogens with two attached hydrogens (primary N) is 1. The Labute approximate surface area is 101 Å². The number of anilines is 1. The minimum absolute atomic E-state index is 0.0501. The average molecular weight is 237 g/mol. The molecule has 2 rings (SSSR count). The summed E-state index contributed by atoms with van der Waals surface area (Å²) < 4.78 is 6.96. The van der Waals surface area contributed by atoms with E-state index in [0.29, 0.717) is 18.3 Å². The lowest BCUT2D eigenvalue weighted by Gasteiger charge is -2.27. The molecule has 5 heteroatoms. The number of hydrogen-bond donors (Lipinski definition) is 1. The fraction of sp³-hybridized carbons (Fsp3) is 0.667. The fourth-order valence-electron chi connectivity index (χ4n) is 2.39. The molecule has 0 spiro atoms. The lowest BCUT2D eigenvalue weighted by molar-refractivity contribution is -0.149. The molecule has 5 nitrogen and oxygen atoms in total. The first-order chi connectivity index (χ1) is 8.20. The van der Waals surface area contributed by atoms with Crippen molar-refractivity contribution in [2.24, 2.45) is 5.92 Å². The number of esters is 1. The largest absolute Gasteiger partial charge is 0.466 e. The topological polar surface area (TPSA) is 70.1 Å². The molecule has 0 aliphatic heterocycles. The summed E-state index contributed by atoms with van der Waals surface area (Å²) >= 11 is 0. The first kappa shape index (κ1) is 12.0. The van der Waals surface area contributed by atoms with Crippen LogP contribution in [0.25, 0.3) is 0 Å². The van der Waals surface area contributed by atoms with Gasteiger partial charge in [-0.25, -0.2) is 0 Å². The highest BCUT2D eigenvalue weighted by molar-refractivity contribution is 5.72. The van der Waals surface area contributed by atoms with E-state index in [2.05, 4.69) is 5.10 Å². The highest BCUT2D eigenvalue weighted by atomic mass is 16.5. The summed E-state index contributed by atoms with van der Waals surface area (Å²) in [6.45, 7) is 2.31. The number of ether oxygens (including phenoxy) is 1. The van der Waals surface area contributed by atoms with Gasteiger partial charge in [0.2, 0.25) is 0 Å². The third-order valence-electron chi connectivity index (χ3n) is 3.31. The van der Waals surface area contributed by atoms with Crippen LogP contribution in [0.1, 0.15) is 38.6 Å². The van der Waals surface area contributed by atoms with E-state index >= 15 is 0 Å². The van der Waals surface area contributed by atoms with Crippen molar-refractivity contribution >= 4 is 11.7 Å². The maximum Gasteiger partial charge on any atom is 0.308 e. The Morgan fingerprint density at radius 3 is 2.76 bits per heavy atom. The van der Waals surface area contributed by atoms with Gasteiger partial charge < -0.3 is 10.5 Å². The number of nitrogen functional groups attached to an aromatic ring is 1. The van der Waals surface area contributed by atoms with E-state index in [-0.39, 0.29) is 11.9 Å². The third kappa shape index (κ3) is 2.78. The molecule has 0 radical (unpaired) electrons. The molecule has 1 heterocycles. The van der Waals surface area contributed by atoms with Crippen LogP contribution in [0.4, 0.5) is 5.69 Å². The third-order valence-corrected chi connectivity index (χ3v) is 3.31. The minimum Gasteiger partial charge on any atom is -0.466 e. The number of carbonyl (C=O) groups excluding carboxylic acids is 1. The van der Waals surface area contributed by atoms with Gasteiger partial charge in [0, 0.05) is 6.20 Å². The van der Waals surface area contributed by atoms with E-state index in [9.17, 15) is 4.79 Å². The van der Waals surface area contributed by atoms with E-state index in [4.69, 9.17) is 10.5 Å². The summed E-state index contributed by atoms with van der Waals surface area (Å²) in [5.74, 6) is 0.0186. The molecule has 2 N–H and O–H groups in total. The standard InChI is InChI=1S/C12H19N3O2/c1-2-17-12(16)9-3-5-11(6-4-9)15-8-10(13)7-14-15/h7-9,11H,2-6,13H2,1H3. The zero-order valence-electron chi connectivity index (χ0n) is 10.1. The molecular formula is C12H19N3O2. The van der Waals surface area contributed by atoms with Crippen molar-refractivity contribution in [3.05, 3.63) is 12.4 Å². The summed E-state index contributed by atoms with van der Waals surface area (Å²) in [5.41, 5.74) is 6.34. The SMILES string of the molecule is CCOC(=O)C1CCC(n2cc(N)cn2)CC1. The van der Waals surface area contributed by atoms with E-state index in [0.717, 1.165) is 25.7 Å². The van der Waals surface area contributed by atoms with Crippen LogP contribution < -0.4 is 5.73 Å². The molecular weight excluding hydrogens is 218 g/mol. The summed E-state index contributed by atoms with van der Waals surface area (Å²) in [6, 6.07) is 0.373. The Hall–Kier alpha value is -1.52. The first-order valence-corrected chi connectivity index (χ1v) is 6.17. The minimum atomic E-state index is -0.0501. The molecule has 0 unspecified atom stereocenters. The van der Waals surface area contributed by atoms with Crippen LogP contribution in [0.2, 0.25) is 0 Å². The molecule has 0 bridgehead atoms. The molecule has 1 aliphatic carbocycles. The molecule has 1 fully saturated rings. The zero-order valence-corrected chi connectivity index (χ0v) is 10.1. The highest BCUT2D eigenvalue weighted by Crippen LogP contribution is 2.32. The Balaban J connectivity index is 1.88. The molecule has 17 heavy (non-hydrogen) atoms. The van der Waals surface area contributed by atoms with Gasteiger partial charge in [-0.15, -0.1) is 0 Å². The number of carbonyl (C=O) groups is 1. The van der Waals surface area contributed by atoms with Gasteiger partial charge in [-0.3, -0.25) is 9.48 Å². The van der Waals surface area contributed by atoms with Crippen molar-refractivity contribution in [3.8, 4) is 0 Å². The van der Waals surface area contributed by atoms with E-state index in [1.807, 2.05) is 17.8 Å². The maximum atomic E-state index is 11.6. The number of aromatic nitrogens is 2. The molecule has 0 amide bonds. The van der Waals surface area contributed by atoms with Gasteiger partial charge in [0.15, 0.2) is 0 Å². The van der Waals surface area contributed by atoms with E-state index in [1.54, 1.807) is 6.20 Å². The average Bonchev–Trinajstić information content (AvgIpc) is 2.76. The predicted molar refractivity (Wildman–Crippen MR) is 64.3 cm³/mol. The van der Waals surface area contributed by atoms with E-state index in [1.165, 1.54) is 0 Å². The molecule has 1 aromatic rings. The quantitative estimate of drug-likeness (QED) is 0.813. The van der Waals surface area contributed by atoms with Crippen molar-refractivity contribution in [1.29, 1.82) is 0 Å². The Morgan fingerprint density at radius 2 is 2.24 bits per heavy atom. The van der Waals surface area contributed by atoms with Gasteiger partial charge in [0.05, 0.1) is 30.5 Å². The number of rotatable bonds is 3. The van der Waals surface area contributed by atoms with Crippen molar-refractivity contribution in [2.45, 2.75) is 38.6 Å². The van der Waals surface area contributed by atoms with Gasteiger partial charge in [-0.2, -0.15) is 5.10 Å². The molecule has 0 aromatic carbocycles. The lowest BCUT2D eigenvalue weighted by Crippen LogP contribution is -2.25. The molecule has 1 aliphatic rings. The second kappa shape index (κ2) is 5.21. The van der Waals surface area contributed by atoms with Gasteiger partial charge in [-0.1, -0.05) is 0 Å². The molecule has 0 saturated heterocycles. The smallest absolute Gasteiger partial charge is 0.308 e. The van der Waals surface area contributed by atoms with Crippen molar-refractivity contribution < 1.29 is 9.53 Å². The summed E-state index contributed by atoms with van der Waals surface area (Å²) in [5, 5.41) is 4.22. The highest BCUT2D eigenvalue weighted by Gasteiger charge is 2.28. The van der Waals surface area contributed by atoms with Crippen LogP contribution in [0.3, 0.4) is 0 Å². The second-order valence-electron chi connectivity index (χ2n) is 4.51. The van der Waals surface area contributed by atoms with Crippen LogP contribution >= 0.6 is 0 Å². The van der Waals surface area contributed by atoms with Gasteiger partial charge in [0.25, 0.3) is 0 Å². The Bertz CT molecular complexity index is 381. The molecule has 1 saturated carbocycles. The summed E-state index contributed by atoms with van der Waals surface area (Å²) in [7, 11) is 0. The predicted octanol–water partition coefficient (Wildman–Crippen LogP) is 1.76. The van der Waals surface area contributed by atoms with Crippen LogP contribution in [-0.4, -0.2) is 22.4 Å². The normalized spacial score (nSPS) is 24.5. The first-order valence-electron chi connectivity index (χ1n) is 6.17. The summed E-state index contributed by atoms with van der Waals surface area (Å²) in [4.78, 5) is 11.6. The number of hydrogen-bond acceptors (Lipinski definition) is 4. The molecule has 0 atom stereocenters. The van der Waals surface area contributed by atoms with E-state index < -0.39 is 0 Å². The summed E-state index contributed by atoms with van der Waals surface area (Å²) in [6.07, 6.45) is 7.20. The molecule has 94 valence electrons.